The average Bonchev–Trinajstić information content (AvgIpc) is 3.20. The third-order valence-corrected chi connectivity index (χ3v) is 6.65. The lowest BCUT2D eigenvalue weighted by atomic mass is 9.85. The first-order valence-corrected chi connectivity index (χ1v) is 11.7. The largest absolute Gasteiger partial charge is 0.457 e. The number of fused-ring (bicyclic) bond motifs is 5. The summed E-state index contributed by atoms with van der Waals surface area (Å²) in [7, 11) is 0. The molecule has 0 fully saturated rings. The molecule has 0 radical (unpaired) electrons. The summed E-state index contributed by atoms with van der Waals surface area (Å²) in [5, 5.41) is 4.03. The van der Waals surface area contributed by atoms with E-state index >= 15 is 0 Å². The number of para-hydroxylation sites is 1. The Bertz CT molecular complexity index is 1370. The molecule has 0 aliphatic carbocycles. The number of halogens is 1. The van der Waals surface area contributed by atoms with Gasteiger partial charge in [-0.25, -0.2) is 9.78 Å². The molecule has 0 saturated heterocycles. The van der Waals surface area contributed by atoms with Gasteiger partial charge in [-0.2, -0.15) is 0 Å². The van der Waals surface area contributed by atoms with Gasteiger partial charge in [-0.05, 0) is 37.6 Å². The molecule has 1 aromatic carbocycles. The molecule has 2 aliphatic rings. The first-order chi connectivity index (χ1) is 16.5. The molecule has 3 aromatic rings. The number of hydrogen-bond acceptors (Lipinski definition) is 7. The van der Waals surface area contributed by atoms with Crippen molar-refractivity contribution in [2.45, 2.75) is 51.9 Å². The summed E-state index contributed by atoms with van der Waals surface area (Å²) in [6.07, 6.45) is 2.09. The lowest BCUT2D eigenvalue weighted by Gasteiger charge is -2.35. The van der Waals surface area contributed by atoms with Crippen molar-refractivity contribution in [3.05, 3.63) is 63.4 Å². The van der Waals surface area contributed by atoms with E-state index in [-0.39, 0.29) is 37.5 Å². The van der Waals surface area contributed by atoms with Crippen LogP contribution < -0.4 is 10.9 Å². The maximum absolute atomic E-state index is 13.5. The van der Waals surface area contributed by atoms with E-state index in [1.165, 1.54) is 0 Å². The molecule has 4 heterocycles. The fourth-order valence-electron chi connectivity index (χ4n) is 4.81. The van der Waals surface area contributed by atoms with E-state index in [0.29, 0.717) is 35.6 Å². The standard InChI is InChI=1S/C26H27N3O5.ClH/c1-3-5-10-27-13-22(30)34-26(4-2)19-12-21-23-17(11-16-8-6-7-9-20(16)28-23)14-29(21)24(31)18(19)15-33-25(26)32;/h6-9,11-12,27H,3-5,10,13-15H2,1-2H3;1H/t26-;/m0./s1. The first kappa shape index (κ1) is 24.9. The van der Waals surface area contributed by atoms with Crippen molar-refractivity contribution < 1.29 is 19.1 Å². The van der Waals surface area contributed by atoms with Crippen LogP contribution >= 0.6 is 12.4 Å². The number of nitrogens with zero attached hydrogens (tertiary/aromatic N) is 2. The second-order valence-corrected chi connectivity index (χ2v) is 8.76. The van der Waals surface area contributed by atoms with Crippen molar-refractivity contribution in [2.24, 2.45) is 0 Å². The quantitative estimate of drug-likeness (QED) is 0.308. The number of aromatic nitrogens is 2. The molecular formula is C26H28ClN3O5. The van der Waals surface area contributed by atoms with Gasteiger partial charge in [0.1, 0.15) is 6.61 Å². The second kappa shape index (κ2) is 9.79. The summed E-state index contributed by atoms with van der Waals surface area (Å²) in [5.41, 5.74) is 1.91. The van der Waals surface area contributed by atoms with E-state index in [4.69, 9.17) is 14.5 Å². The van der Waals surface area contributed by atoms with Gasteiger partial charge >= 0.3 is 11.9 Å². The van der Waals surface area contributed by atoms with Gasteiger partial charge in [0.2, 0.25) is 5.60 Å². The summed E-state index contributed by atoms with van der Waals surface area (Å²) in [4.78, 5) is 44.0. The molecule has 0 saturated carbocycles. The molecule has 0 spiro atoms. The fraction of sp³-hybridized carbons (Fsp3) is 0.385. The third-order valence-electron chi connectivity index (χ3n) is 6.65. The van der Waals surface area contributed by atoms with Crippen molar-refractivity contribution >= 4 is 35.2 Å². The minimum absolute atomic E-state index is 0. The fourth-order valence-corrected chi connectivity index (χ4v) is 4.81. The average molecular weight is 498 g/mol. The number of benzene rings is 1. The number of carbonyl (C=O) groups is 2. The third kappa shape index (κ3) is 4.10. The molecule has 2 aliphatic heterocycles. The van der Waals surface area contributed by atoms with Gasteiger partial charge in [0, 0.05) is 16.5 Å². The first-order valence-electron chi connectivity index (χ1n) is 11.7. The molecule has 2 aromatic heterocycles. The zero-order valence-electron chi connectivity index (χ0n) is 19.8. The van der Waals surface area contributed by atoms with Crippen LogP contribution in [0.3, 0.4) is 0 Å². The van der Waals surface area contributed by atoms with Gasteiger partial charge in [0.05, 0.1) is 35.6 Å². The Morgan fingerprint density at radius 1 is 1.23 bits per heavy atom. The topological polar surface area (TPSA) is 99.5 Å². The lowest BCUT2D eigenvalue weighted by Crippen LogP contribution is -2.48. The number of hydrogen-bond donors (Lipinski definition) is 1. The van der Waals surface area contributed by atoms with Crippen LogP contribution in [0.15, 0.2) is 41.2 Å². The Hall–Kier alpha value is -3.23. The van der Waals surface area contributed by atoms with Crippen LogP contribution in [0.1, 0.15) is 49.8 Å². The SMILES string of the molecule is CCCCNCC(=O)O[C@]1(CC)C(=O)OCc2c1cc1n(c2=O)Cc2cc3ccccc3nc2-1.Cl. The highest BCUT2D eigenvalue weighted by atomic mass is 35.5. The number of nitrogens with one attached hydrogen (secondary N) is 1. The summed E-state index contributed by atoms with van der Waals surface area (Å²) in [6.45, 7) is 4.71. The smallest absolute Gasteiger partial charge is 0.355 e. The van der Waals surface area contributed by atoms with Crippen LogP contribution in [-0.4, -0.2) is 34.6 Å². The molecule has 5 rings (SSSR count). The monoisotopic (exact) mass is 497 g/mol. The molecule has 1 N–H and O–H groups in total. The Morgan fingerprint density at radius 2 is 2.03 bits per heavy atom. The van der Waals surface area contributed by atoms with Crippen LogP contribution in [-0.2, 0) is 37.8 Å². The zero-order valence-corrected chi connectivity index (χ0v) is 20.6. The van der Waals surface area contributed by atoms with Crippen LogP contribution in [0.5, 0.6) is 0 Å². The van der Waals surface area contributed by atoms with Gasteiger partial charge in [0.15, 0.2) is 0 Å². The molecule has 9 heteroatoms. The van der Waals surface area contributed by atoms with Crippen molar-refractivity contribution in [3.8, 4) is 11.4 Å². The molecule has 1 atom stereocenters. The van der Waals surface area contributed by atoms with Crippen molar-refractivity contribution in [3.63, 3.8) is 0 Å². The summed E-state index contributed by atoms with van der Waals surface area (Å²) in [5.74, 6) is -1.22. The highest BCUT2D eigenvalue weighted by Crippen LogP contribution is 2.40. The Labute approximate surface area is 209 Å². The Morgan fingerprint density at radius 3 is 2.80 bits per heavy atom. The van der Waals surface area contributed by atoms with Gasteiger partial charge in [-0.1, -0.05) is 38.5 Å². The van der Waals surface area contributed by atoms with Gasteiger partial charge in [-0.3, -0.25) is 9.59 Å². The van der Waals surface area contributed by atoms with Crippen LogP contribution in [0.25, 0.3) is 22.3 Å². The molecule has 0 amide bonds. The maximum atomic E-state index is 13.5. The van der Waals surface area contributed by atoms with Gasteiger partial charge < -0.3 is 19.4 Å². The number of rotatable bonds is 7. The van der Waals surface area contributed by atoms with E-state index in [0.717, 1.165) is 29.3 Å². The van der Waals surface area contributed by atoms with Crippen LogP contribution in [0.2, 0.25) is 0 Å². The maximum Gasteiger partial charge on any atom is 0.355 e. The van der Waals surface area contributed by atoms with Gasteiger partial charge in [0.25, 0.3) is 5.56 Å². The van der Waals surface area contributed by atoms with E-state index in [2.05, 4.69) is 12.2 Å². The van der Waals surface area contributed by atoms with Crippen molar-refractivity contribution in [2.75, 3.05) is 13.1 Å². The van der Waals surface area contributed by atoms with E-state index in [1.54, 1.807) is 17.6 Å². The highest BCUT2D eigenvalue weighted by molar-refractivity contribution is 5.88. The normalized spacial score (nSPS) is 17.7. The lowest BCUT2D eigenvalue weighted by molar-refractivity contribution is -0.189. The molecule has 8 nitrogen and oxygen atoms in total. The number of pyridine rings is 2. The number of cyclic esters (lactones) is 1. The summed E-state index contributed by atoms with van der Waals surface area (Å²) >= 11 is 0. The Kier molecular flexibility index (Phi) is 6.96. The van der Waals surface area contributed by atoms with Crippen molar-refractivity contribution in [1.82, 2.24) is 14.9 Å². The van der Waals surface area contributed by atoms with E-state index in [9.17, 15) is 14.4 Å². The molecule has 184 valence electrons. The number of esters is 2. The van der Waals surface area contributed by atoms with E-state index in [1.807, 2.05) is 30.3 Å². The number of carbonyl (C=O) groups excluding carboxylic acids is 2. The zero-order chi connectivity index (χ0) is 23.9. The van der Waals surface area contributed by atoms with E-state index < -0.39 is 17.5 Å². The van der Waals surface area contributed by atoms with Crippen LogP contribution in [0.4, 0.5) is 0 Å². The van der Waals surface area contributed by atoms with Gasteiger partial charge in [-0.15, -0.1) is 12.4 Å². The highest BCUT2D eigenvalue weighted by Gasteiger charge is 2.50. The number of ether oxygens (including phenoxy) is 2. The predicted octanol–water partition coefficient (Wildman–Crippen LogP) is 3.44. The molecule has 35 heavy (non-hydrogen) atoms. The van der Waals surface area contributed by atoms with Crippen LogP contribution in [0, 0.1) is 0 Å². The van der Waals surface area contributed by atoms with Crippen molar-refractivity contribution in [1.29, 1.82) is 0 Å². The Balaban J connectivity index is 0.00000289. The minimum Gasteiger partial charge on any atom is -0.457 e. The molecule has 0 unspecified atom stereocenters. The molecular weight excluding hydrogens is 470 g/mol. The minimum atomic E-state index is -1.66. The predicted molar refractivity (Wildman–Crippen MR) is 133 cm³/mol. The second-order valence-electron chi connectivity index (χ2n) is 8.76. The molecule has 0 bridgehead atoms. The summed E-state index contributed by atoms with van der Waals surface area (Å²) in [6, 6.07) is 11.6. The summed E-state index contributed by atoms with van der Waals surface area (Å²) < 4.78 is 12.8. The number of unbranched alkanes of at least 4 members (excludes halogenated alkanes) is 1.